The fourth-order valence-corrected chi connectivity index (χ4v) is 2.29. The normalized spacial score (nSPS) is 11.0. The van der Waals surface area contributed by atoms with Crippen molar-refractivity contribution in [2.45, 2.75) is 33.2 Å². The van der Waals surface area contributed by atoms with Crippen LogP contribution in [0.4, 0.5) is 0 Å². The first-order valence-corrected chi connectivity index (χ1v) is 7.44. The Morgan fingerprint density at radius 3 is 2.95 bits per heavy atom. The van der Waals surface area contributed by atoms with Crippen molar-refractivity contribution in [3.05, 3.63) is 41.3 Å². The summed E-state index contributed by atoms with van der Waals surface area (Å²) in [5, 5.41) is 7.91. The standard InChI is InChI=1S/C16H24N4O/c1-4-5-15-14(11-17-8-9-21-3)12-19-20(15)16-10-13(2)6-7-18-16/h6-7,10,12,17H,4-5,8-9,11H2,1-3H3. The van der Waals surface area contributed by atoms with Crippen molar-refractivity contribution in [1.82, 2.24) is 20.1 Å². The molecule has 2 heterocycles. The second-order valence-corrected chi connectivity index (χ2v) is 5.14. The number of aromatic nitrogens is 3. The maximum atomic E-state index is 5.05. The van der Waals surface area contributed by atoms with Crippen molar-refractivity contribution in [1.29, 1.82) is 0 Å². The lowest BCUT2D eigenvalue weighted by Crippen LogP contribution is -2.19. The van der Waals surface area contributed by atoms with Crippen LogP contribution in [0.1, 0.15) is 30.2 Å². The molecular formula is C16H24N4O. The zero-order valence-electron chi connectivity index (χ0n) is 13.1. The summed E-state index contributed by atoms with van der Waals surface area (Å²) >= 11 is 0. The first kappa shape index (κ1) is 15.7. The third-order valence-electron chi connectivity index (χ3n) is 3.36. The Kier molecular flexibility index (Phi) is 5.90. The quantitative estimate of drug-likeness (QED) is 0.757. The van der Waals surface area contributed by atoms with Crippen molar-refractivity contribution < 1.29 is 4.74 Å². The highest BCUT2D eigenvalue weighted by atomic mass is 16.5. The Morgan fingerprint density at radius 2 is 2.24 bits per heavy atom. The van der Waals surface area contributed by atoms with Crippen molar-refractivity contribution in [3.63, 3.8) is 0 Å². The van der Waals surface area contributed by atoms with Gasteiger partial charge in [0.25, 0.3) is 0 Å². The molecule has 0 aliphatic heterocycles. The molecule has 0 bridgehead atoms. The number of ether oxygens (including phenoxy) is 1. The Bertz CT molecular complexity index is 565. The number of nitrogens with zero attached hydrogens (tertiary/aromatic N) is 3. The fourth-order valence-electron chi connectivity index (χ4n) is 2.29. The van der Waals surface area contributed by atoms with Crippen molar-refractivity contribution >= 4 is 0 Å². The van der Waals surface area contributed by atoms with Gasteiger partial charge < -0.3 is 10.1 Å². The van der Waals surface area contributed by atoms with E-state index in [2.05, 4.69) is 35.3 Å². The molecule has 0 aliphatic rings. The smallest absolute Gasteiger partial charge is 0.153 e. The highest BCUT2D eigenvalue weighted by Crippen LogP contribution is 2.16. The van der Waals surface area contributed by atoms with Crippen LogP contribution < -0.4 is 5.32 Å². The minimum Gasteiger partial charge on any atom is -0.383 e. The molecule has 0 aromatic carbocycles. The summed E-state index contributed by atoms with van der Waals surface area (Å²) in [5.74, 6) is 0.890. The average Bonchev–Trinajstić information content (AvgIpc) is 2.87. The molecular weight excluding hydrogens is 264 g/mol. The third kappa shape index (κ3) is 4.12. The molecule has 0 spiro atoms. The topological polar surface area (TPSA) is 52.0 Å². The number of hydrogen-bond donors (Lipinski definition) is 1. The Hall–Kier alpha value is -1.72. The third-order valence-corrected chi connectivity index (χ3v) is 3.36. The van der Waals surface area contributed by atoms with E-state index in [4.69, 9.17) is 4.74 Å². The summed E-state index contributed by atoms with van der Waals surface area (Å²) < 4.78 is 7.01. The van der Waals surface area contributed by atoms with E-state index in [9.17, 15) is 0 Å². The monoisotopic (exact) mass is 288 g/mol. The maximum Gasteiger partial charge on any atom is 0.153 e. The van der Waals surface area contributed by atoms with Crippen LogP contribution in [0.3, 0.4) is 0 Å². The maximum absolute atomic E-state index is 5.05. The fraction of sp³-hybridized carbons (Fsp3) is 0.500. The minimum absolute atomic E-state index is 0.719. The van der Waals surface area contributed by atoms with Crippen LogP contribution in [0.15, 0.2) is 24.5 Å². The van der Waals surface area contributed by atoms with Gasteiger partial charge in [-0.1, -0.05) is 13.3 Å². The molecule has 0 fully saturated rings. The lowest BCUT2D eigenvalue weighted by molar-refractivity contribution is 0.199. The van der Waals surface area contributed by atoms with E-state index in [0.717, 1.165) is 38.4 Å². The van der Waals surface area contributed by atoms with Gasteiger partial charge >= 0.3 is 0 Å². The Labute approximate surface area is 126 Å². The van der Waals surface area contributed by atoms with E-state index < -0.39 is 0 Å². The van der Waals surface area contributed by atoms with E-state index in [-0.39, 0.29) is 0 Å². The first-order valence-electron chi connectivity index (χ1n) is 7.44. The van der Waals surface area contributed by atoms with Crippen LogP contribution in [-0.2, 0) is 17.7 Å². The van der Waals surface area contributed by atoms with E-state index >= 15 is 0 Å². The molecule has 5 nitrogen and oxygen atoms in total. The van der Waals surface area contributed by atoms with Crippen LogP contribution in [0, 0.1) is 6.92 Å². The first-order chi connectivity index (χ1) is 10.3. The summed E-state index contributed by atoms with van der Waals surface area (Å²) in [6.07, 6.45) is 5.85. The molecule has 1 N–H and O–H groups in total. The molecule has 21 heavy (non-hydrogen) atoms. The van der Waals surface area contributed by atoms with Crippen molar-refractivity contribution in [3.8, 4) is 5.82 Å². The van der Waals surface area contributed by atoms with Gasteiger partial charge in [0.15, 0.2) is 5.82 Å². The van der Waals surface area contributed by atoms with Gasteiger partial charge in [-0.15, -0.1) is 0 Å². The van der Waals surface area contributed by atoms with Crippen molar-refractivity contribution in [2.75, 3.05) is 20.3 Å². The van der Waals surface area contributed by atoms with E-state index in [0.29, 0.717) is 0 Å². The van der Waals surface area contributed by atoms with Gasteiger partial charge in [-0.05, 0) is 31.0 Å². The number of pyridine rings is 1. The highest BCUT2D eigenvalue weighted by Gasteiger charge is 2.12. The summed E-state index contributed by atoms with van der Waals surface area (Å²) in [6.45, 7) is 6.63. The SMILES string of the molecule is CCCc1c(CNCCOC)cnn1-c1cc(C)ccn1. The van der Waals surface area contributed by atoms with E-state index in [1.54, 1.807) is 7.11 Å². The summed E-state index contributed by atoms with van der Waals surface area (Å²) in [7, 11) is 1.71. The predicted molar refractivity (Wildman–Crippen MR) is 83.7 cm³/mol. The van der Waals surface area contributed by atoms with Crippen LogP contribution in [0.2, 0.25) is 0 Å². The van der Waals surface area contributed by atoms with Gasteiger partial charge in [0.05, 0.1) is 18.5 Å². The Balaban J connectivity index is 2.20. The molecule has 0 aliphatic carbocycles. The molecule has 0 amide bonds. The highest BCUT2D eigenvalue weighted by molar-refractivity contribution is 5.31. The summed E-state index contributed by atoms with van der Waals surface area (Å²) in [5.41, 5.74) is 3.66. The second-order valence-electron chi connectivity index (χ2n) is 5.14. The largest absolute Gasteiger partial charge is 0.383 e. The lowest BCUT2D eigenvalue weighted by Gasteiger charge is -2.09. The van der Waals surface area contributed by atoms with Gasteiger partial charge in [0, 0.05) is 32.0 Å². The lowest BCUT2D eigenvalue weighted by atomic mass is 10.1. The van der Waals surface area contributed by atoms with E-state index in [1.807, 2.05) is 23.1 Å². The summed E-state index contributed by atoms with van der Waals surface area (Å²) in [6, 6.07) is 4.06. The Morgan fingerprint density at radius 1 is 1.38 bits per heavy atom. The molecule has 5 heteroatoms. The number of methoxy groups -OCH3 is 1. The number of rotatable bonds is 8. The van der Waals surface area contributed by atoms with Gasteiger partial charge in [-0.2, -0.15) is 5.10 Å². The van der Waals surface area contributed by atoms with Gasteiger partial charge in [0.1, 0.15) is 0 Å². The molecule has 0 radical (unpaired) electrons. The molecule has 0 saturated carbocycles. The second kappa shape index (κ2) is 7.90. The van der Waals surface area contributed by atoms with E-state index in [1.165, 1.54) is 16.8 Å². The number of hydrogen-bond acceptors (Lipinski definition) is 4. The van der Waals surface area contributed by atoms with Gasteiger partial charge in [-0.3, -0.25) is 0 Å². The molecule has 114 valence electrons. The van der Waals surface area contributed by atoms with Crippen molar-refractivity contribution in [2.24, 2.45) is 0 Å². The molecule has 0 unspecified atom stereocenters. The summed E-state index contributed by atoms with van der Waals surface area (Å²) in [4.78, 5) is 4.44. The van der Waals surface area contributed by atoms with Gasteiger partial charge in [0.2, 0.25) is 0 Å². The molecule has 0 atom stereocenters. The zero-order chi connectivity index (χ0) is 15.1. The van der Waals surface area contributed by atoms with Crippen LogP contribution in [0.5, 0.6) is 0 Å². The molecule has 2 aromatic rings. The minimum atomic E-state index is 0.719. The van der Waals surface area contributed by atoms with Crippen LogP contribution >= 0.6 is 0 Å². The molecule has 2 rings (SSSR count). The number of aryl methyl sites for hydroxylation is 1. The van der Waals surface area contributed by atoms with Gasteiger partial charge in [-0.25, -0.2) is 9.67 Å². The average molecular weight is 288 g/mol. The van der Waals surface area contributed by atoms with Crippen LogP contribution in [0.25, 0.3) is 5.82 Å². The zero-order valence-corrected chi connectivity index (χ0v) is 13.1. The van der Waals surface area contributed by atoms with Crippen LogP contribution in [-0.4, -0.2) is 35.0 Å². The number of nitrogens with one attached hydrogen (secondary N) is 1. The predicted octanol–water partition coefficient (Wildman–Crippen LogP) is 2.26. The molecule has 0 saturated heterocycles. The molecule has 2 aromatic heterocycles.